The van der Waals surface area contributed by atoms with Crippen molar-refractivity contribution in [2.45, 2.75) is 0 Å². The van der Waals surface area contributed by atoms with Gasteiger partial charge in [-0.15, -0.1) is 0 Å². The van der Waals surface area contributed by atoms with E-state index in [-0.39, 0.29) is 0 Å². The molecule has 0 amide bonds. The SMILES string of the molecule is COc1ccccc1N=C(c1ccccc1)c1ccsc1. The van der Waals surface area contributed by atoms with Gasteiger partial charge in [0.15, 0.2) is 0 Å². The number of thiophene rings is 1. The highest BCUT2D eigenvalue weighted by Gasteiger charge is 2.09. The molecule has 0 saturated heterocycles. The van der Waals surface area contributed by atoms with E-state index in [4.69, 9.17) is 9.73 Å². The van der Waals surface area contributed by atoms with Crippen LogP contribution in [0.25, 0.3) is 0 Å². The van der Waals surface area contributed by atoms with Crippen molar-refractivity contribution in [1.29, 1.82) is 0 Å². The van der Waals surface area contributed by atoms with Crippen molar-refractivity contribution in [3.8, 4) is 5.75 Å². The van der Waals surface area contributed by atoms with Gasteiger partial charge < -0.3 is 4.74 Å². The Bertz CT molecular complexity index is 733. The summed E-state index contributed by atoms with van der Waals surface area (Å²) in [6, 6.07) is 20.1. The number of hydrogen-bond acceptors (Lipinski definition) is 3. The summed E-state index contributed by atoms with van der Waals surface area (Å²) in [7, 11) is 1.67. The molecule has 0 aliphatic heterocycles. The van der Waals surface area contributed by atoms with E-state index in [0.717, 1.165) is 28.3 Å². The van der Waals surface area contributed by atoms with Crippen LogP contribution in [0.3, 0.4) is 0 Å². The zero-order valence-electron chi connectivity index (χ0n) is 11.7. The van der Waals surface area contributed by atoms with Crippen LogP contribution in [0.4, 0.5) is 5.69 Å². The van der Waals surface area contributed by atoms with Crippen LogP contribution in [0, 0.1) is 0 Å². The number of methoxy groups -OCH3 is 1. The Kier molecular flexibility index (Phi) is 4.12. The minimum absolute atomic E-state index is 0.779. The maximum absolute atomic E-state index is 5.39. The summed E-state index contributed by atoms with van der Waals surface area (Å²) in [5, 5.41) is 4.18. The fourth-order valence-electron chi connectivity index (χ4n) is 2.13. The molecule has 0 radical (unpaired) electrons. The molecule has 0 spiro atoms. The fourth-order valence-corrected chi connectivity index (χ4v) is 2.77. The third kappa shape index (κ3) is 3.03. The van der Waals surface area contributed by atoms with E-state index >= 15 is 0 Å². The van der Waals surface area contributed by atoms with Gasteiger partial charge in [0.2, 0.25) is 0 Å². The maximum atomic E-state index is 5.39. The molecule has 0 fully saturated rings. The molecule has 1 aromatic heterocycles. The molecule has 104 valence electrons. The number of ether oxygens (including phenoxy) is 1. The highest BCUT2D eigenvalue weighted by Crippen LogP contribution is 2.28. The van der Waals surface area contributed by atoms with Crippen LogP contribution in [0.1, 0.15) is 11.1 Å². The van der Waals surface area contributed by atoms with Gasteiger partial charge in [0, 0.05) is 16.5 Å². The number of rotatable bonds is 4. The second-order valence-electron chi connectivity index (χ2n) is 4.51. The quantitative estimate of drug-likeness (QED) is 0.625. The Morgan fingerprint density at radius 3 is 2.38 bits per heavy atom. The highest BCUT2D eigenvalue weighted by atomic mass is 32.1. The van der Waals surface area contributed by atoms with E-state index in [2.05, 4.69) is 29.0 Å². The third-order valence-electron chi connectivity index (χ3n) is 3.16. The van der Waals surface area contributed by atoms with Gasteiger partial charge in [-0.3, -0.25) is 0 Å². The van der Waals surface area contributed by atoms with Gasteiger partial charge in [-0.25, -0.2) is 4.99 Å². The van der Waals surface area contributed by atoms with Crippen molar-refractivity contribution in [3.05, 3.63) is 82.6 Å². The topological polar surface area (TPSA) is 21.6 Å². The average molecular weight is 293 g/mol. The zero-order valence-corrected chi connectivity index (χ0v) is 12.5. The summed E-state index contributed by atoms with van der Waals surface area (Å²) in [5.41, 5.74) is 4.02. The number of benzene rings is 2. The van der Waals surface area contributed by atoms with Gasteiger partial charge >= 0.3 is 0 Å². The largest absolute Gasteiger partial charge is 0.494 e. The molecule has 3 aromatic rings. The second kappa shape index (κ2) is 6.37. The summed E-state index contributed by atoms with van der Waals surface area (Å²) < 4.78 is 5.39. The molecule has 0 bridgehead atoms. The van der Waals surface area contributed by atoms with Crippen LogP contribution >= 0.6 is 11.3 Å². The van der Waals surface area contributed by atoms with Gasteiger partial charge in [-0.2, -0.15) is 11.3 Å². The molecule has 0 atom stereocenters. The lowest BCUT2D eigenvalue weighted by Gasteiger charge is -2.08. The van der Waals surface area contributed by atoms with Crippen molar-refractivity contribution in [3.63, 3.8) is 0 Å². The van der Waals surface area contributed by atoms with Crippen LogP contribution in [-0.2, 0) is 0 Å². The standard InChI is InChI=1S/C18H15NOS/c1-20-17-10-6-5-9-16(17)19-18(15-11-12-21-13-15)14-7-3-2-4-8-14/h2-13H,1H3. The lowest BCUT2D eigenvalue weighted by molar-refractivity contribution is 0.416. The van der Waals surface area contributed by atoms with Gasteiger partial charge in [0.05, 0.1) is 12.8 Å². The van der Waals surface area contributed by atoms with E-state index in [9.17, 15) is 0 Å². The Hall–Kier alpha value is -2.39. The zero-order chi connectivity index (χ0) is 14.5. The molecule has 3 rings (SSSR count). The molecule has 0 aliphatic carbocycles. The normalized spacial score (nSPS) is 11.4. The summed E-state index contributed by atoms with van der Waals surface area (Å²) in [6.07, 6.45) is 0. The number of para-hydroxylation sites is 2. The molecule has 2 aromatic carbocycles. The van der Waals surface area contributed by atoms with Crippen LogP contribution < -0.4 is 4.74 Å². The summed E-state index contributed by atoms with van der Waals surface area (Å²) in [5.74, 6) is 0.779. The first-order valence-corrected chi connectivity index (χ1v) is 7.62. The van der Waals surface area contributed by atoms with Crippen molar-refractivity contribution in [2.75, 3.05) is 7.11 Å². The van der Waals surface area contributed by atoms with E-state index < -0.39 is 0 Å². The Labute approximate surface area is 128 Å². The molecular formula is C18H15NOS. The molecular weight excluding hydrogens is 278 g/mol. The minimum Gasteiger partial charge on any atom is -0.494 e. The lowest BCUT2D eigenvalue weighted by Crippen LogP contribution is -2.01. The fraction of sp³-hybridized carbons (Fsp3) is 0.0556. The van der Waals surface area contributed by atoms with E-state index in [1.54, 1.807) is 18.4 Å². The summed E-state index contributed by atoms with van der Waals surface area (Å²) in [4.78, 5) is 4.84. The summed E-state index contributed by atoms with van der Waals surface area (Å²) >= 11 is 1.67. The van der Waals surface area contributed by atoms with Gasteiger partial charge in [-0.1, -0.05) is 42.5 Å². The Balaban J connectivity index is 2.14. The smallest absolute Gasteiger partial charge is 0.144 e. The van der Waals surface area contributed by atoms with Gasteiger partial charge in [0.1, 0.15) is 11.4 Å². The molecule has 2 nitrogen and oxygen atoms in total. The Morgan fingerprint density at radius 1 is 0.905 bits per heavy atom. The van der Waals surface area contributed by atoms with Gasteiger partial charge in [0.25, 0.3) is 0 Å². The molecule has 0 N–H and O–H groups in total. The predicted molar refractivity (Wildman–Crippen MR) is 89.1 cm³/mol. The maximum Gasteiger partial charge on any atom is 0.144 e. The van der Waals surface area contributed by atoms with Crippen LogP contribution in [0.2, 0.25) is 0 Å². The Morgan fingerprint density at radius 2 is 1.67 bits per heavy atom. The molecule has 0 saturated carbocycles. The monoisotopic (exact) mass is 293 g/mol. The molecule has 21 heavy (non-hydrogen) atoms. The van der Waals surface area contributed by atoms with Crippen molar-refractivity contribution < 1.29 is 4.74 Å². The number of nitrogens with zero attached hydrogens (tertiary/aromatic N) is 1. The number of hydrogen-bond donors (Lipinski definition) is 0. The van der Waals surface area contributed by atoms with Crippen molar-refractivity contribution in [2.24, 2.45) is 4.99 Å². The minimum atomic E-state index is 0.779. The molecule has 3 heteroatoms. The lowest BCUT2D eigenvalue weighted by atomic mass is 10.1. The van der Waals surface area contributed by atoms with Crippen LogP contribution in [0.5, 0.6) is 5.75 Å². The first-order chi connectivity index (χ1) is 10.4. The average Bonchev–Trinajstić information content (AvgIpc) is 3.08. The molecule has 1 heterocycles. The van der Waals surface area contributed by atoms with E-state index in [0.29, 0.717) is 0 Å². The van der Waals surface area contributed by atoms with E-state index in [1.807, 2.05) is 42.5 Å². The van der Waals surface area contributed by atoms with Crippen molar-refractivity contribution >= 4 is 22.7 Å². The van der Waals surface area contributed by atoms with E-state index in [1.165, 1.54) is 0 Å². The van der Waals surface area contributed by atoms with Gasteiger partial charge in [-0.05, 0) is 23.6 Å². The summed E-state index contributed by atoms with van der Waals surface area (Å²) in [6.45, 7) is 0. The van der Waals surface area contributed by atoms with Crippen molar-refractivity contribution in [1.82, 2.24) is 0 Å². The first-order valence-electron chi connectivity index (χ1n) is 6.68. The third-order valence-corrected chi connectivity index (χ3v) is 3.84. The van der Waals surface area contributed by atoms with Crippen LogP contribution in [-0.4, -0.2) is 12.8 Å². The number of aliphatic imine (C=N–C) groups is 1. The van der Waals surface area contributed by atoms with Crippen LogP contribution in [0.15, 0.2) is 76.4 Å². The predicted octanol–water partition coefficient (Wildman–Crippen LogP) is 4.93. The molecule has 0 unspecified atom stereocenters. The highest BCUT2D eigenvalue weighted by molar-refractivity contribution is 7.08. The second-order valence-corrected chi connectivity index (χ2v) is 5.29. The molecule has 0 aliphatic rings. The first kappa shape index (κ1) is 13.6.